The van der Waals surface area contributed by atoms with Crippen molar-refractivity contribution >= 4 is 33.8 Å². The number of likely N-dealkylation sites (tertiary alicyclic amines) is 1. The number of benzene rings is 2. The molecule has 0 bridgehead atoms. The Bertz CT molecular complexity index is 1460. The van der Waals surface area contributed by atoms with Gasteiger partial charge < -0.3 is 19.1 Å². The van der Waals surface area contributed by atoms with Gasteiger partial charge in [0, 0.05) is 36.2 Å². The van der Waals surface area contributed by atoms with E-state index in [0.29, 0.717) is 35.7 Å². The van der Waals surface area contributed by atoms with Crippen LogP contribution in [0.15, 0.2) is 42.5 Å². The monoisotopic (exact) mass is 601 g/mol. The summed E-state index contributed by atoms with van der Waals surface area (Å²) in [7, 11) is -3.41. The maximum absolute atomic E-state index is 13.0. The van der Waals surface area contributed by atoms with Crippen LogP contribution in [0, 0.1) is 5.92 Å². The van der Waals surface area contributed by atoms with E-state index in [1.165, 1.54) is 0 Å². The fraction of sp³-hybridized carbons (Fsp3) is 0.500. The molecule has 0 unspecified atom stereocenters. The molecule has 1 N–H and O–H groups in total. The van der Waals surface area contributed by atoms with Gasteiger partial charge in [-0.15, -0.1) is 0 Å². The highest BCUT2D eigenvalue weighted by Crippen LogP contribution is 2.35. The number of ether oxygens (including phenoxy) is 3. The van der Waals surface area contributed by atoms with E-state index in [0.717, 1.165) is 16.7 Å². The zero-order valence-corrected chi connectivity index (χ0v) is 25.9. The van der Waals surface area contributed by atoms with Crippen LogP contribution in [0.5, 0.6) is 5.75 Å². The van der Waals surface area contributed by atoms with E-state index in [-0.39, 0.29) is 25.0 Å². The molecule has 2 aromatic carbocycles. The van der Waals surface area contributed by atoms with Crippen molar-refractivity contribution in [3.05, 3.63) is 59.2 Å². The molecule has 228 valence electrons. The third kappa shape index (κ3) is 7.93. The molecule has 11 nitrogen and oxygen atoms in total. The van der Waals surface area contributed by atoms with E-state index in [2.05, 4.69) is 4.72 Å². The molecule has 4 rings (SSSR count). The summed E-state index contributed by atoms with van der Waals surface area (Å²) in [5.74, 6) is -0.199. The molecule has 0 aromatic heterocycles. The van der Waals surface area contributed by atoms with E-state index in [1.54, 1.807) is 56.0 Å². The molecule has 0 saturated carbocycles. The number of rotatable bonds is 6. The Balaban J connectivity index is 1.49. The molecule has 2 aromatic rings. The number of amides is 3. The van der Waals surface area contributed by atoms with Crippen molar-refractivity contribution in [3.8, 4) is 5.75 Å². The number of carbonyl (C=O) groups excluding carboxylic acids is 3. The third-order valence-corrected chi connectivity index (χ3v) is 7.30. The van der Waals surface area contributed by atoms with E-state index in [1.807, 2.05) is 32.9 Å². The first-order chi connectivity index (χ1) is 19.4. The zero-order chi connectivity index (χ0) is 31.0. The lowest BCUT2D eigenvalue weighted by Crippen LogP contribution is -2.36. The van der Waals surface area contributed by atoms with E-state index in [9.17, 15) is 22.8 Å². The van der Waals surface area contributed by atoms with Crippen LogP contribution in [-0.4, -0.2) is 73.5 Å². The van der Waals surface area contributed by atoms with Gasteiger partial charge in [-0.05, 0) is 76.9 Å². The number of hydrogen-bond donors (Lipinski definition) is 1. The molecule has 2 aliphatic heterocycles. The predicted octanol–water partition coefficient (Wildman–Crippen LogP) is 4.98. The second-order valence-corrected chi connectivity index (χ2v) is 14.5. The van der Waals surface area contributed by atoms with E-state index < -0.39 is 39.3 Å². The number of fused-ring (bicyclic) bond motifs is 1. The minimum atomic E-state index is -3.41. The van der Waals surface area contributed by atoms with Gasteiger partial charge in [0.25, 0.3) is 5.91 Å². The second kappa shape index (κ2) is 11.5. The Morgan fingerprint density at radius 2 is 1.55 bits per heavy atom. The first kappa shape index (κ1) is 31.1. The fourth-order valence-electron chi connectivity index (χ4n) is 4.94. The average molecular weight is 602 g/mol. The topological polar surface area (TPSA) is 132 Å². The SMILES string of the molecule is CC(C)(C)OC(=O)N1C[C@@H](COc2ccc3c(c2)C(=O)N(C(=O)OC(C)(C)C)C3)[C@H](c2ccc(NS(C)(=O)=O)cc2)C1. The smallest absolute Gasteiger partial charge is 0.417 e. The molecule has 2 heterocycles. The average Bonchev–Trinajstić information content (AvgIpc) is 3.42. The minimum Gasteiger partial charge on any atom is -0.493 e. The maximum Gasteiger partial charge on any atom is 0.417 e. The van der Waals surface area contributed by atoms with Gasteiger partial charge in [0.1, 0.15) is 17.0 Å². The summed E-state index contributed by atoms with van der Waals surface area (Å²) >= 11 is 0. The molecule has 0 radical (unpaired) electrons. The van der Waals surface area contributed by atoms with Crippen molar-refractivity contribution in [3.63, 3.8) is 0 Å². The number of carbonyl (C=O) groups is 3. The molecule has 1 fully saturated rings. The first-order valence-electron chi connectivity index (χ1n) is 13.7. The number of imide groups is 1. The van der Waals surface area contributed by atoms with Gasteiger partial charge in [0.05, 0.1) is 19.4 Å². The molecule has 2 aliphatic rings. The Labute approximate surface area is 247 Å². The largest absolute Gasteiger partial charge is 0.493 e. The molecular weight excluding hydrogens is 562 g/mol. The second-order valence-electron chi connectivity index (χ2n) is 12.7. The van der Waals surface area contributed by atoms with Gasteiger partial charge in [0.15, 0.2) is 0 Å². The van der Waals surface area contributed by atoms with Gasteiger partial charge in [-0.3, -0.25) is 9.52 Å². The fourth-order valence-corrected chi connectivity index (χ4v) is 5.51. The van der Waals surface area contributed by atoms with Crippen LogP contribution in [0.25, 0.3) is 0 Å². The highest BCUT2D eigenvalue weighted by Gasteiger charge is 2.39. The molecule has 3 amide bonds. The van der Waals surface area contributed by atoms with Crippen LogP contribution in [-0.2, 0) is 26.0 Å². The Morgan fingerprint density at radius 1 is 0.929 bits per heavy atom. The van der Waals surface area contributed by atoms with Crippen LogP contribution < -0.4 is 9.46 Å². The Kier molecular flexibility index (Phi) is 8.50. The van der Waals surface area contributed by atoms with Gasteiger partial charge in [-0.1, -0.05) is 18.2 Å². The standard InChI is InChI=1S/C30H39N3O8S/c1-29(2,3)40-27(35)32-15-21(25(17-32)19-8-11-22(12-9-19)31-42(7,37)38)18-39-23-13-10-20-16-33(26(34)24(20)14-23)28(36)41-30(4,5)6/h8-14,21,25,31H,15-18H2,1-7H3/t21-,25-/m0/s1. The summed E-state index contributed by atoms with van der Waals surface area (Å²) in [4.78, 5) is 41.2. The van der Waals surface area contributed by atoms with Crippen molar-refractivity contribution in [2.24, 2.45) is 5.92 Å². The lowest BCUT2D eigenvalue weighted by molar-refractivity contribution is 0.0243. The molecule has 1 saturated heterocycles. The minimum absolute atomic E-state index is 0.108. The summed E-state index contributed by atoms with van der Waals surface area (Å²) < 4.78 is 42.8. The van der Waals surface area contributed by atoms with Crippen LogP contribution in [0.4, 0.5) is 15.3 Å². The van der Waals surface area contributed by atoms with E-state index in [4.69, 9.17) is 14.2 Å². The quantitative estimate of drug-likeness (QED) is 0.491. The van der Waals surface area contributed by atoms with Crippen LogP contribution in [0.3, 0.4) is 0 Å². The van der Waals surface area contributed by atoms with Crippen molar-refractivity contribution in [2.45, 2.75) is 65.2 Å². The summed E-state index contributed by atoms with van der Waals surface area (Å²) in [6.07, 6.45) is -0.0263. The van der Waals surface area contributed by atoms with Crippen LogP contribution in [0.2, 0.25) is 0 Å². The van der Waals surface area contributed by atoms with Gasteiger partial charge in [-0.25, -0.2) is 22.9 Å². The summed E-state index contributed by atoms with van der Waals surface area (Å²) in [5, 5.41) is 0. The maximum atomic E-state index is 13.0. The third-order valence-electron chi connectivity index (χ3n) is 6.70. The van der Waals surface area contributed by atoms with Crippen molar-refractivity contribution < 1.29 is 37.0 Å². The summed E-state index contributed by atoms with van der Waals surface area (Å²) in [6.45, 7) is 11.8. The number of hydrogen-bond acceptors (Lipinski definition) is 8. The zero-order valence-electron chi connectivity index (χ0n) is 25.1. The number of nitrogens with zero attached hydrogens (tertiary/aromatic N) is 2. The van der Waals surface area contributed by atoms with Gasteiger partial charge in [0.2, 0.25) is 10.0 Å². The highest BCUT2D eigenvalue weighted by molar-refractivity contribution is 7.92. The van der Waals surface area contributed by atoms with E-state index >= 15 is 0 Å². The number of nitrogens with one attached hydrogen (secondary N) is 1. The lowest BCUT2D eigenvalue weighted by atomic mass is 9.89. The highest BCUT2D eigenvalue weighted by atomic mass is 32.2. The lowest BCUT2D eigenvalue weighted by Gasteiger charge is -2.24. The van der Waals surface area contributed by atoms with Gasteiger partial charge >= 0.3 is 12.2 Å². The molecule has 42 heavy (non-hydrogen) atoms. The normalized spacial score (nSPS) is 19.0. The molecule has 0 spiro atoms. The number of sulfonamides is 1. The molecule has 0 aliphatic carbocycles. The Morgan fingerprint density at radius 3 is 2.14 bits per heavy atom. The summed E-state index contributed by atoms with van der Waals surface area (Å²) in [5.41, 5.74) is 1.08. The van der Waals surface area contributed by atoms with Crippen LogP contribution >= 0.6 is 0 Å². The first-order valence-corrected chi connectivity index (χ1v) is 15.6. The number of anilines is 1. The van der Waals surface area contributed by atoms with Crippen molar-refractivity contribution in [2.75, 3.05) is 30.7 Å². The van der Waals surface area contributed by atoms with Gasteiger partial charge in [-0.2, -0.15) is 0 Å². The Hall–Kier alpha value is -3.80. The summed E-state index contributed by atoms with van der Waals surface area (Å²) in [6, 6.07) is 12.2. The molecular formula is C30H39N3O8S. The molecule has 12 heteroatoms. The van der Waals surface area contributed by atoms with Crippen molar-refractivity contribution in [1.29, 1.82) is 0 Å². The molecule has 2 atom stereocenters. The van der Waals surface area contributed by atoms with Crippen LogP contribution in [0.1, 0.15) is 68.9 Å². The van der Waals surface area contributed by atoms with Crippen molar-refractivity contribution in [1.82, 2.24) is 9.80 Å². The predicted molar refractivity (Wildman–Crippen MR) is 157 cm³/mol.